The van der Waals surface area contributed by atoms with Crippen LogP contribution in [0.15, 0.2) is 77.8 Å². The SMILES string of the molecule is COc1ccc(C2=Nc3ccccc3N3[C@H]2[C@H]3c2ccc([N+](=O)[O-])cc2)cc1. The Morgan fingerprint density at radius 1 is 0.964 bits per heavy atom. The van der Waals surface area contributed by atoms with E-state index in [4.69, 9.17) is 9.73 Å². The second-order valence-corrected chi connectivity index (χ2v) is 6.86. The van der Waals surface area contributed by atoms with Crippen molar-refractivity contribution < 1.29 is 9.66 Å². The average Bonchev–Trinajstić information content (AvgIpc) is 3.49. The van der Waals surface area contributed by atoms with Gasteiger partial charge in [0.05, 0.1) is 41.2 Å². The maximum Gasteiger partial charge on any atom is 0.269 e. The van der Waals surface area contributed by atoms with Crippen molar-refractivity contribution in [1.29, 1.82) is 0 Å². The molecular formula is C22H17N3O3. The second-order valence-electron chi connectivity index (χ2n) is 6.86. The van der Waals surface area contributed by atoms with Crippen molar-refractivity contribution in [1.82, 2.24) is 0 Å². The monoisotopic (exact) mass is 371 g/mol. The molecule has 2 aliphatic rings. The number of fused-ring (bicyclic) bond motifs is 3. The molecule has 0 aliphatic carbocycles. The van der Waals surface area contributed by atoms with Gasteiger partial charge in [0.1, 0.15) is 5.75 Å². The molecule has 3 aromatic rings. The quantitative estimate of drug-likeness (QED) is 0.380. The first-order chi connectivity index (χ1) is 13.7. The predicted octanol–water partition coefficient (Wildman–Crippen LogP) is 4.67. The summed E-state index contributed by atoms with van der Waals surface area (Å²) in [6, 6.07) is 23.0. The fraction of sp³-hybridized carbons (Fsp3) is 0.136. The van der Waals surface area contributed by atoms with Crippen LogP contribution in [0.2, 0.25) is 0 Å². The molecular weight excluding hydrogens is 354 g/mol. The van der Waals surface area contributed by atoms with E-state index in [0.29, 0.717) is 0 Å². The van der Waals surface area contributed by atoms with Crippen LogP contribution in [0.1, 0.15) is 17.2 Å². The van der Waals surface area contributed by atoms with Crippen molar-refractivity contribution in [2.45, 2.75) is 12.1 Å². The van der Waals surface area contributed by atoms with Gasteiger partial charge in [-0.25, -0.2) is 4.99 Å². The molecule has 0 spiro atoms. The zero-order chi connectivity index (χ0) is 19.3. The number of rotatable bonds is 4. The molecule has 0 amide bonds. The molecule has 1 saturated heterocycles. The third-order valence-electron chi connectivity index (χ3n) is 5.32. The van der Waals surface area contributed by atoms with Gasteiger partial charge in [-0.2, -0.15) is 0 Å². The molecule has 1 fully saturated rings. The maximum absolute atomic E-state index is 11.0. The van der Waals surface area contributed by atoms with Gasteiger partial charge >= 0.3 is 0 Å². The number of methoxy groups -OCH3 is 1. The lowest BCUT2D eigenvalue weighted by Gasteiger charge is -2.17. The third kappa shape index (κ3) is 2.53. The zero-order valence-electron chi connectivity index (χ0n) is 15.1. The highest BCUT2D eigenvalue weighted by Gasteiger charge is 2.54. The minimum atomic E-state index is -0.371. The summed E-state index contributed by atoms with van der Waals surface area (Å²) >= 11 is 0. The van der Waals surface area contributed by atoms with Gasteiger partial charge in [-0.3, -0.25) is 10.1 Å². The molecule has 2 heterocycles. The first kappa shape index (κ1) is 16.5. The van der Waals surface area contributed by atoms with Crippen LogP contribution in [0.4, 0.5) is 17.1 Å². The van der Waals surface area contributed by atoms with Crippen molar-refractivity contribution in [2.75, 3.05) is 12.0 Å². The van der Waals surface area contributed by atoms with Crippen molar-refractivity contribution >= 4 is 22.8 Å². The van der Waals surface area contributed by atoms with Crippen LogP contribution >= 0.6 is 0 Å². The largest absolute Gasteiger partial charge is 0.497 e. The summed E-state index contributed by atoms with van der Waals surface area (Å²) in [7, 11) is 1.65. The Kier molecular flexibility index (Phi) is 3.65. The minimum absolute atomic E-state index is 0.104. The minimum Gasteiger partial charge on any atom is -0.497 e. The van der Waals surface area contributed by atoms with E-state index in [-0.39, 0.29) is 22.7 Å². The fourth-order valence-electron chi connectivity index (χ4n) is 3.92. The van der Waals surface area contributed by atoms with Gasteiger partial charge in [-0.1, -0.05) is 24.3 Å². The Morgan fingerprint density at radius 2 is 1.68 bits per heavy atom. The van der Waals surface area contributed by atoms with Crippen LogP contribution in [-0.2, 0) is 0 Å². The molecule has 0 N–H and O–H groups in total. The van der Waals surface area contributed by atoms with Crippen LogP contribution in [0.5, 0.6) is 5.75 Å². The number of aliphatic imine (C=N–C) groups is 1. The second kappa shape index (κ2) is 6.20. The Labute approximate surface area is 161 Å². The highest BCUT2D eigenvalue weighted by molar-refractivity contribution is 6.14. The van der Waals surface area contributed by atoms with E-state index in [2.05, 4.69) is 11.0 Å². The number of anilines is 1. The number of hydrogen-bond donors (Lipinski definition) is 0. The first-order valence-corrected chi connectivity index (χ1v) is 9.02. The molecule has 2 atom stereocenters. The third-order valence-corrected chi connectivity index (χ3v) is 5.32. The summed E-state index contributed by atoms with van der Waals surface area (Å²) in [5.41, 5.74) is 5.24. The van der Waals surface area contributed by atoms with Crippen LogP contribution in [0.3, 0.4) is 0 Å². The first-order valence-electron chi connectivity index (χ1n) is 9.02. The van der Waals surface area contributed by atoms with E-state index >= 15 is 0 Å². The molecule has 2 aliphatic heterocycles. The lowest BCUT2D eigenvalue weighted by molar-refractivity contribution is -0.384. The summed E-state index contributed by atoms with van der Waals surface area (Å²) in [6.45, 7) is 0. The molecule has 3 aromatic carbocycles. The summed E-state index contributed by atoms with van der Waals surface area (Å²) in [5.74, 6) is 0.806. The van der Waals surface area contributed by atoms with E-state index < -0.39 is 0 Å². The van der Waals surface area contributed by atoms with Crippen LogP contribution in [-0.4, -0.2) is 23.8 Å². The Balaban J connectivity index is 1.56. The van der Waals surface area contributed by atoms with Crippen molar-refractivity contribution in [3.63, 3.8) is 0 Å². The number of hydrogen-bond acceptors (Lipinski definition) is 5. The highest BCUT2D eigenvalue weighted by Crippen LogP contribution is 2.54. The van der Waals surface area contributed by atoms with Gasteiger partial charge < -0.3 is 9.64 Å². The molecule has 6 nitrogen and oxygen atoms in total. The highest BCUT2D eigenvalue weighted by atomic mass is 16.6. The Hall–Kier alpha value is -3.67. The Bertz CT molecular complexity index is 1090. The predicted molar refractivity (Wildman–Crippen MR) is 108 cm³/mol. The smallest absolute Gasteiger partial charge is 0.269 e. The molecule has 28 heavy (non-hydrogen) atoms. The lowest BCUT2D eigenvalue weighted by atomic mass is 10.0. The molecule has 138 valence electrons. The summed E-state index contributed by atoms with van der Waals surface area (Å²) in [5, 5.41) is 11.0. The van der Waals surface area contributed by atoms with Crippen LogP contribution in [0, 0.1) is 10.1 Å². The number of nitrogens with zero attached hydrogens (tertiary/aromatic N) is 3. The normalized spacial score (nSPS) is 19.3. The van der Waals surface area contributed by atoms with Gasteiger partial charge in [0, 0.05) is 12.1 Å². The molecule has 0 saturated carbocycles. The summed E-state index contributed by atoms with van der Waals surface area (Å²) < 4.78 is 5.27. The van der Waals surface area contributed by atoms with Crippen LogP contribution in [0.25, 0.3) is 0 Å². The number of non-ortho nitro benzene ring substituents is 1. The van der Waals surface area contributed by atoms with Gasteiger partial charge in [-0.05, 0) is 47.5 Å². The maximum atomic E-state index is 11.0. The zero-order valence-corrected chi connectivity index (χ0v) is 15.1. The van der Waals surface area contributed by atoms with E-state index in [1.54, 1.807) is 19.2 Å². The average molecular weight is 371 g/mol. The molecule has 6 heteroatoms. The Morgan fingerprint density at radius 3 is 2.36 bits per heavy atom. The molecule has 5 rings (SSSR count). The van der Waals surface area contributed by atoms with E-state index in [9.17, 15) is 10.1 Å². The molecule has 0 aromatic heterocycles. The number of benzene rings is 3. The van der Waals surface area contributed by atoms with Crippen LogP contribution < -0.4 is 9.64 Å². The summed E-state index contributed by atoms with van der Waals surface area (Å²) in [6.07, 6.45) is 0. The number of nitro groups is 1. The van der Waals surface area contributed by atoms with Crippen molar-refractivity contribution in [3.8, 4) is 5.75 Å². The van der Waals surface area contributed by atoms with Gasteiger partial charge in [0.15, 0.2) is 0 Å². The molecule has 0 radical (unpaired) electrons. The number of ether oxygens (including phenoxy) is 1. The van der Waals surface area contributed by atoms with Gasteiger partial charge in [-0.15, -0.1) is 0 Å². The van der Waals surface area contributed by atoms with E-state index in [1.165, 1.54) is 0 Å². The van der Waals surface area contributed by atoms with Gasteiger partial charge in [0.2, 0.25) is 0 Å². The molecule has 0 unspecified atom stereocenters. The van der Waals surface area contributed by atoms with E-state index in [1.807, 2.05) is 54.6 Å². The van der Waals surface area contributed by atoms with E-state index in [0.717, 1.165) is 34.0 Å². The fourth-order valence-corrected chi connectivity index (χ4v) is 3.92. The van der Waals surface area contributed by atoms with Crippen molar-refractivity contribution in [3.05, 3.63) is 94.0 Å². The number of nitro benzene ring substituents is 1. The molecule has 0 bridgehead atoms. The topological polar surface area (TPSA) is 67.7 Å². The number of para-hydroxylation sites is 2. The summed E-state index contributed by atoms with van der Waals surface area (Å²) in [4.78, 5) is 17.9. The lowest BCUT2D eigenvalue weighted by Crippen LogP contribution is -2.17. The standard InChI is InChI=1S/C22H17N3O3/c1-28-17-12-8-14(9-13-17)20-22-21(15-6-10-16(11-7-15)25(26)27)24(22)19-5-3-2-4-18(19)23-20/h2-13,21-22H,1H3/t21-,22-,24?/m1/s1. The van der Waals surface area contributed by atoms with Crippen molar-refractivity contribution in [2.24, 2.45) is 4.99 Å². The van der Waals surface area contributed by atoms with Gasteiger partial charge in [0.25, 0.3) is 5.69 Å².